The van der Waals surface area contributed by atoms with E-state index >= 15 is 0 Å². The van der Waals surface area contributed by atoms with Crippen LogP contribution in [-0.4, -0.2) is 21.9 Å². The molecule has 0 fully saturated rings. The van der Waals surface area contributed by atoms with Gasteiger partial charge in [0.15, 0.2) is 0 Å². The molecule has 0 bridgehead atoms. The van der Waals surface area contributed by atoms with Gasteiger partial charge in [0.2, 0.25) is 5.91 Å². The van der Waals surface area contributed by atoms with E-state index in [1.807, 2.05) is 0 Å². The summed E-state index contributed by atoms with van der Waals surface area (Å²) in [5, 5.41) is 7.47. The van der Waals surface area contributed by atoms with Crippen molar-refractivity contribution in [1.82, 2.24) is 10.2 Å². The van der Waals surface area contributed by atoms with E-state index in [1.54, 1.807) is 12.1 Å². The number of aromatic nitrogens is 2. The second-order valence-corrected chi connectivity index (χ2v) is 4.11. The molecule has 0 unspecified atom stereocenters. The van der Waals surface area contributed by atoms with Crippen molar-refractivity contribution < 1.29 is 4.79 Å². The summed E-state index contributed by atoms with van der Waals surface area (Å²) in [6, 6.07) is 4.71. The summed E-state index contributed by atoms with van der Waals surface area (Å²) < 4.78 is 0. The van der Waals surface area contributed by atoms with Crippen LogP contribution < -0.4 is 16.4 Å². The van der Waals surface area contributed by atoms with Crippen LogP contribution in [0.25, 0.3) is 10.8 Å². The third-order valence-corrected chi connectivity index (χ3v) is 2.66. The SMILES string of the molecule is O=C(CCS)Nc1cccc2c(=O)[nH][nH]c(=O)c12. The molecule has 7 heteroatoms. The van der Waals surface area contributed by atoms with E-state index < -0.39 is 11.1 Å². The van der Waals surface area contributed by atoms with Gasteiger partial charge < -0.3 is 5.32 Å². The number of hydrogen-bond acceptors (Lipinski definition) is 4. The minimum atomic E-state index is -0.452. The Morgan fingerprint density at radius 2 is 1.94 bits per heavy atom. The first-order valence-corrected chi connectivity index (χ1v) is 5.91. The molecule has 0 aliphatic carbocycles. The predicted molar refractivity (Wildman–Crippen MR) is 72.3 cm³/mol. The van der Waals surface area contributed by atoms with Gasteiger partial charge >= 0.3 is 0 Å². The quantitative estimate of drug-likeness (QED) is 0.608. The number of amides is 1. The van der Waals surface area contributed by atoms with Crippen LogP contribution in [0.4, 0.5) is 5.69 Å². The van der Waals surface area contributed by atoms with E-state index in [4.69, 9.17) is 0 Å². The molecular formula is C11H11N3O3S. The van der Waals surface area contributed by atoms with E-state index in [1.165, 1.54) is 6.07 Å². The number of anilines is 1. The number of benzene rings is 1. The van der Waals surface area contributed by atoms with Gasteiger partial charge in [-0.3, -0.25) is 24.6 Å². The van der Waals surface area contributed by atoms with Gasteiger partial charge in [-0.05, 0) is 17.9 Å². The van der Waals surface area contributed by atoms with Gasteiger partial charge in [-0.15, -0.1) is 0 Å². The van der Waals surface area contributed by atoms with Gasteiger partial charge in [-0.1, -0.05) is 6.07 Å². The molecule has 0 atom stereocenters. The molecule has 3 N–H and O–H groups in total. The van der Waals surface area contributed by atoms with E-state index in [0.29, 0.717) is 11.4 Å². The summed E-state index contributed by atoms with van der Waals surface area (Å²) in [7, 11) is 0. The van der Waals surface area contributed by atoms with Gasteiger partial charge in [-0.25, -0.2) is 0 Å². The van der Waals surface area contributed by atoms with E-state index in [0.717, 1.165) is 0 Å². The molecule has 6 nitrogen and oxygen atoms in total. The van der Waals surface area contributed by atoms with Gasteiger partial charge in [-0.2, -0.15) is 12.6 Å². The Morgan fingerprint density at radius 3 is 2.67 bits per heavy atom. The second-order valence-electron chi connectivity index (χ2n) is 3.66. The lowest BCUT2D eigenvalue weighted by molar-refractivity contribution is -0.115. The maximum absolute atomic E-state index is 11.7. The molecule has 94 valence electrons. The van der Waals surface area contributed by atoms with Crippen LogP contribution in [0.15, 0.2) is 27.8 Å². The van der Waals surface area contributed by atoms with Crippen molar-refractivity contribution in [2.24, 2.45) is 0 Å². The first-order chi connectivity index (χ1) is 8.63. The van der Waals surface area contributed by atoms with Gasteiger partial charge in [0.1, 0.15) is 0 Å². The zero-order chi connectivity index (χ0) is 13.1. The number of aromatic amines is 2. The van der Waals surface area contributed by atoms with Gasteiger partial charge in [0, 0.05) is 6.42 Å². The number of rotatable bonds is 3. The third kappa shape index (κ3) is 2.30. The molecule has 0 spiro atoms. The monoisotopic (exact) mass is 265 g/mol. The number of carbonyl (C=O) groups is 1. The fraction of sp³-hybridized carbons (Fsp3) is 0.182. The molecule has 0 saturated heterocycles. The van der Waals surface area contributed by atoms with Crippen molar-refractivity contribution in [3.63, 3.8) is 0 Å². The number of hydrogen-bond donors (Lipinski definition) is 4. The van der Waals surface area contributed by atoms with Crippen molar-refractivity contribution >= 4 is 35.0 Å². The molecule has 18 heavy (non-hydrogen) atoms. The van der Waals surface area contributed by atoms with Crippen molar-refractivity contribution in [2.75, 3.05) is 11.1 Å². The number of H-pyrrole nitrogens is 2. The molecule has 2 rings (SSSR count). The molecule has 1 aromatic carbocycles. The smallest absolute Gasteiger partial charge is 0.272 e. The maximum Gasteiger partial charge on any atom is 0.272 e. The molecule has 0 aliphatic rings. The summed E-state index contributed by atoms with van der Waals surface area (Å²) in [5.74, 6) is 0.158. The van der Waals surface area contributed by atoms with E-state index in [-0.39, 0.29) is 23.1 Å². The minimum absolute atomic E-state index is 0.175. The summed E-state index contributed by atoms with van der Waals surface area (Å²) in [4.78, 5) is 34.7. The largest absolute Gasteiger partial charge is 0.325 e. The maximum atomic E-state index is 11.7. The molecule has 1 amide bonds. The Bertz CT molecular complexity index is 704. The molecule has 2 aromatic rings. The fourth-order valence-electron chi connectivity index (χ4n) is 1.65. The predicted octanol–water partition coefficient (Wildman–Crippen LogP) is 0.475. The van der Waals surface area contributed by atoms with Crippen LogP contribution in [0, 0.1) is 0 Å². The highest BCUT2D eigenvalue weighted by Gasteiger charge is 2.10. The standard InChI is InChI=1S/C11H11N3O3S/c15-8(4-5-18)12-7-3-1-2-6-9(7)11(17)14-13-10(6)16/h1-3,18H,4-5H2,(H,12,15)(H,13,16)(H,14,17). The number of carbonyl (C=O) groups excluding carboxylic acids is 1. The first-order valence-electron chi connectivity index (χ1n) is 5.28. The van der Waals surface area contributed by atoms with Crippen LogP contribution in [0.2, 0.25) is 0 Å². The highest BCUT2D eigenvalue weighted by Crippen LogP contribution is 2.16. The Balaban J connectivity index is 2.58. The van der Waals surface area contributed by atoms with E-state index in [9.17, 15) is 14.4 Å². The lowest BCUT2D eigenvalue weighted by Gasteiger charge is -2.06. The third-order valence-electron chi connectivity index (χ3n) is 2.44. The van der Waals surface area contributed by atoms with Crippen LogP contribution in [0.1, 0.15) is 6.42 Å². The highest BCUT2D eigenvalue weighted by atomic mass is 32.1. The number of thiol groups is 1. The summed E-state index contributed by atoms with van der Waals surface area (Å²) >= 11 is 3.95. The Morgan fingerprint density at radius 1 is 1.22 bits per heavy atom. The Labute approximate surface area is 107 Å². The normalized spacial score (nSPS) is 10.5. The molecule has 0 saturated carbocycles. The average Bonchev–Trinajstić information content (AvgIpc) is 2.34. The average molecular weight is 265 g/mol. The fourth-order valence-corrected chi connectivity index (χ4v) is 1.85. The van der Waals surface area contributed by atoms with Crippen molar-refractivity contribution in [1.29, 1.82) is 0 Å². The Hall–Kier alpha value is -2.02. The zero-order valence-corrected chi connectivity index (χ0v) is 10.2. The minimum Gasteiger partial charge on any atom is -0.325 e. The molecule has 0 radical (unpaired) electrons. The van der Waals surface area contributed by atoms with Crippen LogP contribution in [-0.2, 0) is 4.79 Å². The molecule has 1 heterocycles. The zero-order valence-electron chi connectivity index (χ0n) is 9.32. The number of fused-ring (bicyclic) bond motifs is 1. The lowest BCUT2D eigenvalue weighted by atomic mass is 10.1. The van der Waals surface area contributed by atoms with Crippen molar-refractivity contribution in [2.45, 2.75) is 6.42 Å². The summed E-state index contributed by atoms with van der Waals surface area (Å²) in [5.41, 5.74) is -0.534. The Kier molecular flexibility index (Phi) is 3.52. The molecule has 1 aromatic heterocycles. The molecular weight excluding hydrogens is 254 g/mol. The number of nitrogens with one attached hydrogen (secondary N) is 3. The highest BCUT2D eigenvalue weighted by molar-refractivity contribution is 7.80. The van der Waals surface area contributed by atoms with E-state index in [2.05, 4.69) is 28.1 Å². The van der Waals surface area contributed by atoms with Gasteiger partial charge in [0.25, 0.3) is 11.1 Å². The van der Waals surface area contributed by atoms with Crippen LogP contribution in [0.3, 0.4) is 0 Å². The van der Waals surface area contributed by atoms with Crippen LogP contribution >= 0.6 is 12.6 Å². The first kappa shape index (κ1) is 12.4. The van der Waals surface area contributed by atoms with Gasteiger partial charge in [0.05, 0.1) is 16.5 Å². The second kappa shape index (κ2) is 5.09. The van der Waals surface area contributed by atoms with Crippen molar-refractivity contribution in [3.05, 3.63) is 38.9 Å². The topological polar surface area (TPSA) is 94.8 Å². The molecule has 0 aliphatic heterocycles. The summed E-state index contributed by atoms with van der Waals surface area (Å²) in [6.07, 6.45) is 0.237. The van der Waals surface area contributed by atoms with Crippen LogP contribution in [0.5, 0.6) is 0 Å². The summed E-state index contributed by atoms with van der Waals surface area (Å²) in [6.45, 7) is 0. The van der Waals surface area contributed by atoms with Crippen molar-refractivity contribution in [3.8, 4) is 0 Å². The lowest BCUT2D eigenvalue weighted by Crippen LogP contribution is -2.21.